The fourth-order valence-electron chi connectivity index (χ4n) is 2.09. The van der Waals surface area contributed by atoms with E-state index in [1.165, 1.54) is 11.1 Å². The zero-order valence-corrected chi connectivity index (χ0v) is 11.9. The minimum Gasteiger partial charge on any atom is -0.443 e. The minimum absolute atomic E-state index is 0.260. The van der Waals surface area contributed by atoms with E-state index in [2.05, 4.69) is 12.1 Å². The van der Waals surface area contributed by atoms with Gasteiger partial charge in [0.1, 0.15) is 0 Å². The summed E-state index contributed by atoms with van der Waals surface area (Å²) in [6, 6.07) is 9.47. The maximum atomic E-state index is 5.90. The first-order valence-electron chi connectivity index (χ1n) is 6.14. The van der Waals surface area contributed by atoms with Crippen molar-refractivity contribution < 1.29 is 8.94 Å². The Hall–Kier alpha value is -2.20. The molecule has 0 saturated heterocycles. The molecule has 1 aromatic carbocycles. The van der Waals surface area contributed by atoms with Gasteiger partial charge in [-0.2, -0.15) is 0 Å². The fraction of sp³-hybridized carbons (Fsp3) is 0.133. The summed E-state index contributed by atoms with van der Waals surface area (Å²) in [4.78, 5) is 0. The number of aryl methyl sites for hydroxylation is 2. The Balaban J connectivity index is 2.18. The summed E-state index contributed by atoms with van der Waals surface area (Å²) in [5, 5.41) is 4.27. The fourth-order valence-corrected chi connectivity index (χ4v) is 2.23. The number of anilines is 1. The average Bonchev–Trinajstić information content (AvgIpc) is 2.99. The van der Waals surface area contributed by atoms with Crippen molar-refractivity contribution in [2.24, 2.45) is 0 Å². The monoisotopic (exact) mass is 288 g/mol. The second-order valence-corrected chi connectivity index (χ2v) is 5.05. The maximum Gasteiger partial charge on any atom is 0.230 e. The first kappa shape index (κ1) is 12.8. The van der Waals surface area contributed by atoms with Crippen LogP contribution in [0.4, 0.5) is 5.88 Å². The highest BCUT2D eigenvalue weighted by Gasteiger charge is 2.20. The van der Waals surface area contributed by atoms with Crippen LogP contribution in [0.25, 0.3) is 22.6 Å². The van der Waals surface area contributed by atoms with Crippen LogP contribution in [-0.4, -0.2) is 5.16 Å². The van der Waals surface area contributed by atoms with Crippen molar-refractivity contribution in [1.29, 1.82) is 0 Å². The Kier molecular flexibility index (Phi) is 3.03. The van der Waals surface area contributed by atoms with Crippen LogP contribution in [0.2, 0.25) is 5.22 Å². The Morgan fingerprint density at radius 3 is 2.55 bits per heavy atom. The molecule has 0 atom stereocenters. The number of hydrogen-bond acceptors (Lipinski definition) is 4. The second-order valence-electron chi connectivity index (χ2n) is 4.67. The van der Waals surface area contributed by atoms with Crippen molar-refractivity contribution >= 4 is 17.5 Å². The smallest absolute Gasteiger partial charge is 0.230 e. The van der Waals surface area contributed by atoms with Crippen LogP contribution in [0.15, 0.2) is 39.3 Å². The van der Waals surface area contributed by atoms with Crippen molar-refractivity contribution in [1.82, 2.24) is 5.16 Å². The molecular weight excluding hydrogens is 276 g/mol. The number of nitrogens with zero attached hydrogens (tertiary/aromatic N) is 1. The van der Waals surface area contributed by atoms with Gasteiger partial charge < -0.3 is 14.7 Å². The van der Waals surface area contributed by atoms with Crippen LogP contribution >= 0.6 is 11.6 Å². The molecule has 20 heavy (non-hydrogen) atoms. The number of benzene rings is 1. The summed E-state index contributed by atoms with van der Waals surface area (Å²) < 4.78 is 10.5. The largest absolute Gasteiger partial charge is 0.443 e. The second kappa shape index (κ2) is 4.72. The van der Waals surface area contributed by atoms with Crippen LogP contribution in [0.5, 0.6) is 0 Å². The van der Waals surface area contributed by atoms with Crippen LogP contribution in [0.1, 0.15) is 11.1 Å². The number of nitrogens with two attached hydrogens (primary N) is 1. The zero-order chi connectivity index (χ0) is 14.3. The van der Waals surface area contributed by atoms with Gasteiger partial charge in [-0.3, -0.25) is 0 Å². The predicted octanol–water partition coefficient (Wildman–Crippen LogP) is 4.45. The lowest BCUT2D eigenvalue weighted by molar-refractivity contribution is 0.436. The van der Waals surface area contributed by atoms with Gasteiger partial charge >= 0.3 is 0 Å². The molecule has 0 aliphatic heterocycles. The topological polar surface area (TPSA) is 65.2 Å². The van der Waals surface area contributed by atoms with Crippen molar-refractivity contribution in [2.45, 2.75) is 13.8 Å². The molecule has 5 heteroatoms. The van der Waals surface area contributed by atoms with E-state index in [-0.39, 0.29) is 5.88 Å². The molecule has 0 spiro atoms. The molecule has 0 bridgehead atoms. The van der Waals surface area contributed by atoms with Gasteiger partial charge in [-0.1, -0.05) is 23.4 Å². The molecule has 0 saturated carbocycles. The van der Waals surface area contributed by atoms with Crippen molar-refractivity contribution in [3.63, 3.8) is 0 Å². The molecule has 0 aliphatic carbocycles. The SMILES string of the molecule is Cc1ccc(-c2c(-c3ccc(Cl)o3)noc2N)cc1C. The van der Waals surface area contributed by atoms with Gasteiger partial charge in [0, 0.05) is 0 Å². The molecule has 0 fully saturated rings. The highest BCUT2D eigenvalue weighted by Crippen LogP contribution is 2.37. The number of nitrogen functional groups attached to an aromatic ring is 1. The summed E-state index contributed by atoms with van der Waals surface area (Å²) in [7, 11) is 0. The summed E-state index contributed by atoms with van der Waals surface area (Å²) in [6.07, 6.45) is 0. The van der Waals surface area contributed by atoms with E-state index in [1.54, 1.807) is 12.1 Å². The molecule has 102 valence electrons. The van der Waals surface area contributed by atoms with Crippen molar-refractivity contribution in [3.8, 4) is 22.6 Å². The van der Waals surface area contributed by atoms with Gasteiger partial charge in [0.15, 0.2) is 16.7 Å². The van der Waals surface area contributed by atoms with Crippen LogP contribution in [-0.2, 0) is 0 Å². The highest BCUT2D eigenvalue weighted by molar-refractivity contribution is 6.29. The normalized spacial score (nSPS) is 10.9. The Labute approximate surface area is 121 Å². The number of aromatic nitrogens is 1. The molecular formula is C15H13ClN2O2. The van der Waals surface area contributed by atoms with E-state index < -0.39 is 0 Å². The maximum absolute atomic E-state index is 5.90. The number of halogens is 1. The van der Waals surface area contributed by atoms with Crippen molar-refractivity contribution in [2.75, 3.05) is 5.73 Å². The van der Waals surface area contributed by atoms with E-state index in [0.29, 0.717) is 16.7 Å². The molecule has 2 N–H and O–H groups in total. The Morgan fingerprint density at radius 2 is 1.90 bits per heavy atom. The molecule has 2 heterocycles. The number of rotatable bonds is 2. The van der Waals surface area contributed by atoms with E-state index in [0.717, 1.165) is 11.1 Å². The van der Waals surface area contributed by atoms with E-state index in [4.69, 9.17) is 26.3 Å². The van der Waals surface area contributed by atoms with Crippen LogP contribution < -0.4 is 5.73 Å². The molecule has 3 rings (SSSR count). The molecule has 4 nitrogen and oxygen atoms in total. The van der Waals surface area contributed by atoms with Gasteiger partial charge in [0.05, 0.1) is 5.56 Å². The van der Waals surface area contributed by atoms with E-state index in [9.17, 15) is 0 Å². The number of furan rings is 1. The average molecular weight is 289 g/mol. The van der Waals surface area contributed by atoms with Gasteiger partial charge in [-0.05, 0) is 54.3 Å². The quantitative estimate of drug-likeness (QED) is 0.756. The lowest BCUT2D eigenvalue weighted by atomic mass is 9.99. The summed E-state index contributed by atoms with van der Waals surface area (Å²) in [5.41, 5.74) is 10.5. The Morgan fingerprint density at radius 1 is 1.10 bits per heavy atom. The van der Waals surface area contributed by atoms with E-state index >= 15 is 0 Å². The van der Waals surface area contributed by atoms with Crippen LogP contribution in [0, 0.1) is 13.8 Å². The van der Waals surface area contributed by atoms with Gasteiger partial charge in [0.2, 0.25) is 5.88 Å². The molecule has 0 radical (unpaired) electrons. The van der Waals surface area contributed by atoms with E-state index in [1.807, 2.05) is 25.1 Å². The molecule has 3 aromatic rings. The molecule has 0 amide bonds. The number of hydrogen-bond donors (Lipinski definition) is 1. The standard InChI is InChI=1S/C15H13ClN2O2/c1-8-3-4-10(7-9(8)2)13-14(18-20-15(13)17)11-5-6-12(16)19-11/h3-7H,17H2,1-2H3. The lowest BCUT2D eigenvalue weighted by Gasteiger charge is -2.05. The molecule has 0 aliphatic rings. The minimum atomic E-state index is 0.260. The molecule has 2 aromatic heterocycles. The summed E-state index contributed by atoms with van der Waals surface area (Å²) >= 11 is 5.81. The highest BCUT2D eigenvalue weighted by atomic mass is 35.5. The lowest BCUT2D eigenvalue weighted by Crippen LogP contribution is -1.89. The van der Waals surface area contributed by atoms with Crippen LogP contribution in [0.3, 0.4) is 0 Å². The van der Waals surface area contributed by atoms with Gasteiger partial charge in [-0.25, -0.2) is 0 Å². The summed E-state index contributed by atoms with van der Waals surface area (Å²) in [6.45, 7) is 4.11. The van der Waals surface area contributed by atoms with Gasteiger partial charge in [0.25, 0.3) is 0 Å². The third-order valence-electron chi connectivity index (χ3n) is 3.32. The first-order valence-corrected chi connectivity index (χ1v) is 6.52. The third-order valence-corrected chi connectivity index (χ3v) is 3.52. The Bertz CT molecular complexity index is 774. The molecule has 0 unspecified atom stereocenters. The van der Waals surface area contributed by atoms with Gasteiger partial charge in [-0.15, -0.1) is 0 Å². The summed E-state index contributed by atoms with van der Waals surface area (Å²) in [5.74, 6) is 0.791. The third kappa shape index (κ3) is 2.08. The predicted molar refractivity (Wildman–Crippen MR) is 78.5 cm³/mol. The van der Waals surface area contributed by atoms with Crippen molar-refractivity contribution in [3.05, 3.63) is 46.7 Å². The first-order chi connectivity index (χ1) is 9.56. The zero-order valence-electron chi connectivity index (χ0n) is 11.1.